The minimum atomic E-state index is -0.0532. The minimum Gasteiger partial charge on any atom is -0.353 e. The third-order valence-electron chi connectivity index (χ3n) is 2.99. The fourth-order valence-electron chi connectivity index (χ4n) is 1.35. The summed E-state index contributed by atoms with van der Waals surface area (Å²) in [4.78, 5) is 11.5. The lowest BCUT2D eigenvalue weighted by molar-refractivity contribution is -0.123. The van der Waals surface area contributed by atoms with E-state index in [1.54, 1.807) is 0 Å². The van der Waals surface area contributed by atoms with Gasteiger partial charge in [-0.05, 0) is 24.7 Å². The lowest BCUT2D eigenvalue weighted by Crippen LogP contribution is -2.44. The van der Waals surface area contributed by atoms with Crippen LogP contribution in [0.25, 0.3) is 0 Å². The summed E-state index contributed by atoms with van der Waals surface area (Å²) < 4.78 is 0. The van der Waals surface area contributed by atoms with Crippen LogP contribution < -0.4 is 11.1 Å². The van der Waals surface area contributed by atoms with E-state index in [1.165, 1.54) is 6.42 Å². The molecule has 0 spiro atoms. The van der Waals surface area contributed by atoms with Gasteiger partial charge in [0.2, 0.25) is 5.91 Å². The van der Waals surface area contributed by atoms with Crippen molar-refractivity contribution >= 4 is 5.91 Å². The zero-order valence-electron chi connectivity index (χ0n) is 9.47. The maximum Gasteiger partial charge on any atom is 0.221 e. The summed E-state index contributed by atoms with van der Waals surface area (Å²) in [6, 6.07) is 0.372. The van der Waals surface area contributed by atoms with E-state index in [2.05, 4.69) is 26.1 Å². The predicted octanol–water partition coefficient (Wildman–Crippen LogP) is 1.42. The second-order valence-corrected chi connectivity index (χ2v) is 5.37. The van der Waals surface area contributed by atoms with Crippen molar-refractivity contribution in [2.75, 3.05) is 0 Å². The number of hydrogen-bond acceptors (Lipinski definition) is 2. The Kier molecular flexibility index (Phi) is 3.53. The van der Waals surface area contributed by atoms with Crippen LogP contribution in [0.15, 0.2) is 0 Å². The van der Waals surface area contributed by atoms with Gasteiger partial charge in [-0.2, -0.15) is 0 Å². The molecule has 3 nitrogen and oxygen atoms in total. The fourth-order valence-corrected chi connectivity index (χ4v) is 1.35. The molecule has 0 heterocycles. The highest BCUT2D eigenvalue weighted by Crippen LogP contribution is 2.21. The maximum atomic E-state index is 11.5. The van der Waals surface area contributed by atoms with Crippen molar-refractivity contribution in [1.29, 1.82) is 0 Å². The zero-order valence-corrected chi connectivity index (χ0v) is 9.47. The van der Waals surface area contributed by atoms with Gasteiger partial charge in [-0.3, -0.25) is 4.79 Å². The van der Waals surface area contributed by atoms with E-state index in [9.17, 15) is 4.79 Å². The largest absolute Gasteiger partial charge is 0.353 e. The highest BCUT2D eigenvalue weighted by Gasteiger charge is 2.25. The number of rotatable bonds is 3. The third kappa shape index (κ3) is 3.29. The highest BCUT2D eigenvalue weighted by atomic mass is 16.1. The van der Waals surface area contributed by atoms with Crippen molar-refractivity contribution in [1.82, 2.24) is 5.32 Å². The van der Waals surface area contributed by atoms with E-state index in [1.807, 2.05) is 0 Å². The molecule has 1 aliphatic carbocycles. The van der Waals surface area contributed by atoms with E-state index in [0.29, 0.717) is 12.5 Å². The molecule has 0 aromatic heterocycles. The smallest absolute Gasteiger partial charge is 0.221 e. The van der Waals surface area contributed by atoms with Gasteiger partial charge in [0.1, 0.15) is 0 Å². The number of nitrogens with two attached hydrogens (primary N) is 1. The first kappa shape index (κ1) is 11.5. The molecule has 3 heteroatoms. The van der Waals surface area contributed by atoms with Crippen LogP contribution in [0.3, 0.4) is 0 Å². The van der Waals surface area contributed by atoms with Gasteiger partial charge in [-0.1, -0.05) is 20.8 Å². The lowest BCUT2D eigenvalue weighted by atomic mass is 9.85. The van der Waals surface area contributed by atoms with E-state index >= 15 is 0 Å². The molecule has 14 heavy (non-hydrogen) atoms. The summed E-state index contributed by atoms with van der Waals surface area (Å²) >= 11 is 0. The highest BCUT2D eigenvalue weighted by molar-refractivity contribution is 5.77. The van der Waals surface area contributed by atoms with Gasteiger partial charge in [0.15, 0.2) is 0 Å². The summed E-state index contributed by atoms with van der Waals surface area (Å²) in [6.07, 6.45) is 3.96. The molecule has 0 saturated heterocycles. The van der Waals surface area contributed by atoms with Crippen LogP contribution in [0.4, 0.5) is 0 Å². The summed E-state index contributed by atoms with van der Waals surface area (Å²) in [7, 11) is 0. The molecule has 1 rings (SSSR count). The molecular weight excluding hydrogens is 176 g/mol. The molecule has 0 bridgehead atoms. The topological polar surface area (TPSA) is 55.1 Å². The average molecular weight is 198 g/mol. The molecule has 1 amide bonds. The summed E-state index contributed by atoms with van der Waals surface area (Å²) in [5.74, 6) is 0.108. The van der Waals surface area contributed by atoms with Gasteiger partial charge >= 0.3 is 0 Å². The van der Waals surface area contributed by atoms with Crippen LogP contribution >= 0.6 is 0 Å². The molecule has 0 aliphatic heterocycles. The molecule has 3 N–H and O–H groups in total. The fraction of sp³-hybridized carbons (Fsp3) is 0.909. The average Bonchev–Trinajstić information content (AvgIpc) is 1.95. The maximum absolute atomic E-state index is 11.5. The Labute approximate surface area is 86.4 Å². The van der Waals surface area contributed by atoms with E-state index in [-0.39, 0.29) is 17.4 Å². The van der Waals surface area contributed by atoms with Crippen LogP contribution in [0, 0.1) is 5.41 Å². The van der Waals surface area contributed by atoms with Crippen LogP contribution in [-0.4, -0.2) is 18.0 Å². The van der Waals surface area contributed by atoms with Gasteiger partial charge in [0, 0.05) is 18.5 Å². The second-order valence-electron chi connectivity index (χ2n) is 5.37. The summed E-state index contributed by atoms with van der Waals surface area (Å²) in [6.45, 7) is 6.19. The van der Waals surface area contributed by atoms with Crippen molar-refractivity contribution in [2.45, 2.75) is 58.5 Å². The second kappa shape index (κ2) is 4.30. The van der Waals surface area contributed by atoms with Crippen molar-refractivity contribution < 1.29 is 4.79 Å². The SMILES string of the molecule is CC(C)(C)C(N)CC(=O)NC1CCC1. The molecule has 1 aliphatic rings. The summed E-state index contributed by atoms with van der Waals surface area (Å²) in [5.41, 5.74) is 5.94. The van der Waals surface area contributed by atoms with E-state index in [4.69, 9.17) is 5.73 Å². The lowest BCUT2D eigenvalue weighted by Gasteiger charge is -2.30. The quantitative estimate of drug-likeness (QED) is 0.720. The number of nitrogens with one attached hydrogen (secondary N) is 1. The Balaban J connectivity index is 2.25. The van der Waals surface area contributed by atoms with Crippen LogP contribution in [0.2, 0.25) is 0 Å². The van der Waals surface area contributed by atoms with Crippen LogP contribution in [0.5, 0.6) is 0 Å². The van der Waals surface area contributed by atoms with Crippen molar-refractivity contribution in [3.05, 3.63) is 0 Å². The molecule has 0 aromatic carbocycles. The minimum absolute atomic E-state index is 0.0109. The van der Waals surface area contributed by atoms with Crippen LogP contribution in [-0.2, 0) is 4.79 Å². The Hall–Kier alpha value is -0.570. The van der Waals surface area contributed by atoms with Crippen LogP contribution in [0.1, 0.15) is 46.5 Å². The van der Waals surface area contributed by atoms with Gasteiger partial charge in [-0.25, -0.2) is 0 Å². The summed E-state index contributed by atoms with van der Waals surface area (Å²) in [5, 5.41) is 3.00. The van der Waals surface area contributed by atoms with Gasteiger partial charge in [-0.15, -0.1) is 0 Å². The first-order valence-electron chi connectivity index (χ1n) is 5.44. The Bertz CT molecular complexity index is 204. The van der Waals surface area contributed by atoms with E-state index < -0.39 is 0 Å². The standard InChI is InChI=1S/C11H22N2O/c1-11(2,3)9(12)7-10(14)13-8-5-4-6-8/h8-9H,4-7,12H2,1-3H3,(H,13,14). The monoisotopic (exact) mass is 198 g/mol. The third-order valence-corrected chi connectivity index (χ3v) is 2.99. The van der Waals surface area contributed by atoms with Gasteiger partial charge in [0.25, 0.3) is 0 Å². The van der Waals surface area contributed by atoms with E-state index in [0.717, 1.165) is 12.8 Å². The van der Waals surface area contributed by atoms with Gasteiger partial charge < -0.3 is 11.1 Å². The first-order valence-corrected chi connectivity index (χ1v) is 5.44. The molecule has 1 saturated carbocycles. The molecule has 0 aromatic rings. The van der Waals surface area contributed by atoms with Crippen molar-refractivity contribution in [2.24, 2.45) is 11.1 Å². The molecule has 82 valence electrons. The molecule has 1 atom stereocenters. The molecule has 1 unspecified atom stereocenters. The Morgan fingerprint density at radius 3 is 2.43 bits per heavy atom. The van der Waals surface area contributed by atoms with Crippen molar-refractivity contribution in [3.8, 4) is 0 Å². The van der Waals surface area contributed by atoms with Gasteiger partial charge in [0.05, 0.1) is 0 Å². The Morgan fingerprint density at radius 2 is 2.07 bits per heavy atom. The number of carbonyl (C=O) groups is 1. The number of hydrogen-bond donors (Lipinski definition) is 2. The predicted molar refractivity (Wildman–Crippen MR) is 57.8 cm³/mol. The van der Waals surface area contributed by atoms with Crippen molar-refractivity contribution in [3.63, 3.8) is 0 Å². The Morgan fingerprint density at radius 1 is 1.50 bits per heavy atom. The normalized spacial score (nSPS) is 20.0. The first-order chi connectivity index (χ1) is 6.39. The molecule has 1 fully saturated rings. The molecule has 0 radical (unpaired) electrons. The number of amides is 1. The molecular formula is C11H22N2O. The number of carbonyl (C=O) groups excluding carboxylic acids is 1. The zero-order chi connectivity index (χ0) is 10.8.